The first-order valence-corrected chi connectivity index (χ1v) is 23.5. The van der Waals surface area contributed by atoms with Crippen LogP contribution in [0.4, 0.5) is 52.7 Å². The molecule has 0 atom stereocenters. The monoisotopic (exact) mass is 1110 g/mol. The summed E-state index contributed by atoms with van der Waals surface area (Å²) in [5.74, 6) is 0.430. The highest BCUT2D eigenvalue weighted by molar-refractivity contribution is 5.41. The number of halogens is 12. The molecule has 16 nitrogen and oxygen atoms in total. The average molecular weight is 1110 g/mol. The molecule has 0 unspecified atom stereocenters. The molecule has 0 amide bonds. The van der Waals surface area contributed by atoms with Crippen molar-refractivity contribution < 1.29 is 90.6 Å². The predicted molar refractivity (Wildman–Crippen MR) is 243 cm³/mol. The molecular formula is C50H42F12N8O8. The number of alkyl halides is 12. The standard InChI is InChI=1S/C50H42F12N8O8/c51-47(52,53)43(63-64-43)35-5-1-9-39(23-35)75-17-13-71-27-31-21-33(29-73-15-19-77-41-11-3-7-37(25-41)45(67-68-45)49(57,58)59)34(30-74-16-20-78-42-12-4-8-38(26-42)46(69-70-46)50(60,61)62)22-32(31)28-72-14-18-76-40-10-2-6-36(24-40)44(65-66-44)48(54,55)56/h1-12,21-26H,13-20,27-30H2. The van der Waals surface area contributed by atoms with Crippen LogP contribution in [0.2, 0.25) is 0 Å². The first-order chi connectivity index (χ1) is 37.1. The fraction of sp³-hybridized carbons (Fsp3) is 0.400. The van der Waals surface area contributed by atoms with Crippen molar-refractivity contribution in [3.8, 4) is 23.0 Å². The molecular weight excluding hydrogens is 1070 g/mol. The SMILES string of the molecule is FC(F)(F)C1(c2cccc(OCCOCc3cc(COCCOc4cccc(C5(C(F)(F)F)N=N5)c4)c(COCCOc4cccc(C5(C(F)(F)F)N=N5)c4)cc3COCCOc3cccc(C4(C(F)(F)F)N=N4)c3)c2)N=N1. The maximum Gasteiger partial charge on any atom is 0.442 e. The summed E-state index contributed by atoms with van der Waals surface area (Å²) in [7, 11) is 0. The summed E-state index contributed by atoms with van der Waals surface area (Å²) < 4.78 is 211. The van der Waals surface area contributed by atoms with Crippen LogP contribution >= 0.6 is 0 Å². The van der Waals surface area contributed by atoms with Gasteiger partial charge in [-0.25, -0.2) is 0 Å². The summed E-state index contributed by atoms with van der Waals surface area (Å²) in [5.41, 5.74) is -9.26. The number of hydrogen-bond acceptors (Lipinski definition) is 16. The predicted octanol–water partition coefficient (Wildman–Crippen LogP) is 12.8. The topological polar surface area (TPSA) is 173 Å². The molecule has 4 heterocycles. The maximum absolute atomic E-state index is 13.7. The van der Waals surface area contributed by atoms with Gasteiger partial charge in [-0.3, -0.25) is 0 Å². The third kappa shape index (κ3) is 12.2. The first kappa shape index (κ1) is 55.5. The Kier molecular flexibility index (Phi) is 15.5. The van der Waals surface area contributed by atoms with Gasteiger partial charge in [0.1, 0.15) is 49.4 Å². The molecule has 0 aromatic heterocycles. The lowest BCUT2D eigenvalue weighted by Gasteiger charge is -2.19. The van der Waals surface area contributed by atoms with Gasteiger partial charge in [-0.1, -0.05) is 60.7 Å². The van der Waals surface area contributed by atoms with Gasteiger partial charge in [-0.15, -0.1) is 40.9 Å². The van der Waals surface area contributed by atoms with Gasteiger partial charge < -0.3 is 37.9 Å². The largest absolute Gasteiger partial charge is 0.491 e. The summed E-state index contributed by atoms with van der Waals surface area (Å²) >= 11 is 0. The van der Waals surface area contributed by atoms with Crippen molar-refractivity contribution >= 4 is 0 Å². The van der Waals surface area contributed by atoms with Crippen LogP contribution in [0.25, 0.3) is 0 Å². The highest BCUT2D eigenvalue weighted by atomic mass is 19.4. The Morgan fingerprint density at radius 3 is 0.667 bits per heavy atom. The van der Waals surface area contributed by atoms with Crippen LogP contribution in [0.3, 0.4) is 0 Å². The van der Waals surface area contributed by atoms with Crippen LogP contribution in [0.5, 0.6) is 23.0 Å². The molecule has 0 radical (unpaired) electrons. The third-order valence-electron chi connectivity index (χ3n) is 12.3. The number of hydrogen-bond donors (Lipinski definition) is 0. The highest BCUT2D eigenvalue weighted by Gasteiger charge is 2.67. The summed E-state index contributed by atoms with van der Waals surface area (Å²) in [5, 5.41) is 25.8. The second-order valence-electron chi connectivity index (χ2n) is 17.6. The number of benzene rings is 5. The summed E-state index contributed by atoms with van der Waals surface area (Å²) in [6.45, 7) is -0.932. The van der Waals surface area contributed by atoms with Crippen molar-refractivity contribution in [3.63, 3.8) is 0 Å². The van der Waals surface area contributed by atoms with Gasteiger partial charge in [0, 0.05) is 22.3 Å². The Morgan fingerprint density at radius 1 is 0.282 bits per heavy atom. The molecule has 0 fully saturated rings. The van der Waals surface area contributed by atoms with Crippen LogP contribution in [0, 0.1) is 0 Å². The van der Waals surface area contributed by atoms with E-state index in [1.54, 1.807) is 12.1 Å². The van der Waals surface area contributed by atoms with Gasteiger partial charge in [0.25, 0.3) is 0 Å². The number of ether oxygens (including phenoxy) is 8. The molecule has 4 aliphatic rings. The molecule has 0 bridgehead atoms. The van der Waals surface area contributed by atoms with E-state index in [0.29, 0.717) is 22.3 Å². The van der Waals surface area contributed by atoms with Crippen LogP contribution in [0.1, 0.15) is 44.5 Å². The lowest BCUT2D eigenvalue weighted by atomic mass is 9.99. The lowest BCUT2D eigenvalue weighted by Crippen LogP contribution is -2.30. The van der Waals surface area contributed by atoms with Gasteiger partial charge in [-0.2, -0.15) is 52.7 Å². The normalized spacial score (nSPS) is 17.0. The fourth-order valence-electron chi connectivity index (χ4n) is 7.91. The van der Waals surface area contributed by atoms with E-state index in [2.05, 4.69) is 40.9 Å². The van der Waals surface area contributed by atoms with Gasteiger partial charge in [0.15, 0.2) is 0 Å². The molecule has 5 aromatic carbocycles. The maximum atomic E-state index is 13.7. The van der Waals surface area contributed by atoms with Crippen molar-refractivity contribution in [3.05, 3.63) is 154 Å². The average Bonchev–Trinajstić information content (AvgIpc) is 4.39. The highest BCUT2D eigenvalue weighted by Crippen LogP contribution is 2.56. The molecule has 0 saturated heterocycles. The molecule has 4 aliphatic heterocycles. The zero-order valence-corrected chi connectivity index (χ0v) is 40.3. The molecule has 78 heavy (non-hydrogen) atoms. The number of rotatable bonds is 28. The Labute approximate surface area is 434 Å². The fourth-order valence-corrected chi connectivity index (χ4v) is 7.91. The van der Waals surface area contributed by atoms with Crippen molar-refractivity contribution in [2.75, 3.05) is 52.9 Å². The van der Waals surface area contributed by atoms with E-state index < -0.39 is 47.4 Å². The van der Waals surface area contributed by atoms with Crippen molar-refractivity contribution in [1.29, 1.82) is 0 Å². The molecule has 0 spiro atoms. The summed E-state index contributed by atoms with van der Waals surface area (Å²) in [6, 6.07) is 24.4. The minimum atomic E-state index is -4.75. The molecule has 0 saturated carbocycles. The molecule has 9 rings (SSSR count). The van der Waals surface area contributed by atoms with Crippen molar-refractivity contribution in [2.24, 2.45) is 40.9 Å². The van der Waals surface area contributed by atoms with E-state index in [9.17, 15) is 52.7 Å². The molecule has 414 valence electrons. The smallest absolute Gasteiger partial charge is 0.442 e. The van der Waals surface area contributed by atoms with E-state index in [1.807, 2.05) is 0 Å². The second-order valence-corrected chi connectivity index (χ2v) is 17.6. The molecule has 5 aromatic rings. The zero-order chi connectivity index (χ0) is 55.5. The quantitative estimate of drug-likeness (QED) is 0.0351. The summed E-state index contributed by atoms with van der Waals surface area (Å²) in [4.78, 5) is 0. The van der Waals surface area contributed by atoms with E-state index in [1.165, 1.54) is 97.1 Å². The van der Waals surface area contributed by atoms with Crippen LogP contribution in [-0.4, -0.2) is 77.6 Å². The molecule has 0 aliphatic carbocycles. The Balaban J connectivity index is 0.870. The van der Waals surface area contributed by atoms with E-state index in [0.717, 1.165) is 0 Å². The third-order valence-corrected chi connectivity index (χ3v) is 12.3. The number of nitrogens with zero attached hydrogens (tertiary/aromatic N) is 8. The van der Waals surface area contributed by atoms with Gasteiger partial charge in [-0.05, 0) is 70.8 Å². The van der Waals surface area contributed by atoms with Gasteiger partial charge in [0.05, 0.1) is 52.9 Å². The van der Waals surface area contributed by atoms with Gasteiger partial charge in [0.2, 0.25) is 0 Å². The minimum absolute atomic E-state index is 0.0576. The van der Waals surface area contributed by atoms with Crippen LogP contribution in [0.15, 0.2) is 150 Å². The second kappa shape index (κ2) is 21.9. The Bertz CT molecular complexity index is 2650. The van der Waals surface area contributed by atoms with E-state index in [-0.39, 0.29) is 125 Å². The Hall–Kier alpha value is -7.30. The van der Waals surface area contributed by atoms with Crippen molar-refractivity contribution in [1.82, 2.24) is 0 Å². The molecule has 28 heteroatoms. The minimum Gasteiger partial charge on any atom is -0.491 e. The summed E-state index contributed by atoms with van der Waals surface area (Å²) in [6.07, 6.45) is -19.0. The lowest BCUT2D eigenvalue weighted by molar-refractivity contribution is -0.166. The zero-order valence-electron chi connectivity index (χ0n) is 40.3. The van der Waals surface area contributed by atoms with E-state index >= 15 is 0 Å². The van der Waals surface area contributed by atoms with E-state index in [4.69, 9.17) is 37.9 Å². The van der Waals surface area contributed by atoms with Gasteiger partial charge >= 0.3 is 47.4 Å². The van der Waals surface area contributed by atoms with Crippen molar-refractivity contribution in [2.45, 2.75) is 73.8 Å². The van der Waals surface area contributed by atoms with Crippen LogP contribution in [-0.2, 0) is 68.0 Å². The first-order valence-electron chi connectivity index (χ1n) is 23.5. The Morgan fingerprint density at radius 2 is 0.487 bits per heavy atom. The van der Waals surface area contributed by atoms with Crippen LogP contribution < -0.4 is 18.9 Å². The molecule has 0 N–H and O–H groups in total.